The summed E-state index contributed by atoms with van der Waals surface area (Å²) < 4.78 is 13.7. The van der Waals surface area contributed by atoms with Crippen LogP contribution in [0.2, 0.25) is 0 Å². The van der Waals surface area contributed by atoms with Crippen LogP contribution < -0.4 is 5.73 Å². The maximum atomic E-state index is 11.8. The topological polar surface area (TPSA) is 63.4 Å². The number of hydrogen-bond donors (Lipinski definition) is 1. The molecule has 0 spiro atoms. The van der Waals surface area contributed by atoms with Crippen LogP contribution in [0.1, 0.15) is 33.5 Å². The molecule has 88 valence electrons. The van der Waals surface area contributed by atoms with Gasteiger partial charge in [0, 0.05) is 23.7 Å². The third kappa shape index (κ3) is 2.18. The molecular formula is C10H14N2O2S2. The SMILES string of the molecule is CCCS(=O)N1Cc2cc(C(N)=O)sc2C1. The monoisotopic (exact) mass is 258 g/mol. The van der Waals surface area contributed by atoms with Gasteiger partial charge >= 0.3 is 0 Å². The third-order valence-electron chi connectivity index (χ3n) is 2.47. The van der Waals surface area contributed by atoms with E-state index in [9.17, 15) is 9.00 Å². The normalized spacial score (nSPS) is 17.3. The molecule has 0 fully saturated rings. The number of nitrogens with two attached hydrogens (primary N) is 1. The summed E-state index contributed by atoms with van der Waals surface area (Å²) in [7, 11) is -0.894. The van der Waals surface area contributed by atoms with Gasteiger partial charge in [0.15, 0.2) is 0 Å². The smallest absolute Gasteiger partial charge is 0.258 e. The van der Waals surface area contributed by atoms with Gasteiger partial charge in [-0.3, -0.25) is 4.79 Å². The molecule has 1 aliphatic rings. The zero-order valence-electron chi connectivity index (χ0n) is 9.06. The summed E-state index contributed by atoms with van der Waals surface area (Å²) in [6, 6.07) is 1.82. The van der Waals surface area contributed by atoms with E-state index in [0.29, 0.717) is 23.7 Å². The van der Waals surface area contributed by atoms with Gasteiger partial charge in [0.2, 0.25) is 0 Å². The Morgan fingerprint density at radius 2 is 2.38 bits per heavy atom. The molecule has 1 atom stereocenters. The molecule has 16 heavy (non-hydrogen) atoms. The molecule has 1 amide bonds. The van der Waals surface area contributed by atoms with Crippen molar-refractivity contribution >= 4 is 28.2 Å². The zero-order chi connectivity index (χ0) is 11.7. The van der Waals surface area contributed by atoms with Crippen LogP contribution in [0.3, 0.4) is 0 Å². The lowest BCUT2D eigenvalue weighted by molar-refractivity contribution is 0.100. The van der Waals surface area contributed by atoms with Crippen LogP contribution in [0.15, 0.2) is 6.07 Å². The van der Waals surface area contributed by atoms with Crippen molar-refractivity contribution in [3.05, 3.63) is 21.4 Å². The average Bonchev–Trinajstić information content (AvgIpc) is 2.73. The molecule has 0 saturated carbocycles. The Morgan fingerprint density at radius 3 is 2.94 bits per heavy atom. The van der Waals surface area contributed by atoms with E-state index in [4.69, 9.17) is 5.73 Å². The average molecular weight is 258 g/mol. The van der Waals surface area contributed by atoms with E-state index in [0.717, 1.165) is 16.9 Å². The number of primary amides is 1. The van der Waals surface area contributed by atoms with Crippen LogP contribution in [-0.4, -0.2) is 20.2 Å². The molecule has 0 saturated heterocycles. The Labute approximate surface area is 101 Å². The van der Waals surface area contributed by atoms with Gasteiger partial charge in [-0.25, -0.2) is 8.51 Å². The quantitative estimate of drug-likeness (QED) is 0.883. The first-order valence-corrected chi connectivity index (χ1v) is 7.26. The number of thiophene rings is 1. The first kappa shape index (κ1) is 11.8. The van der Waals surface area contributed by atoms with Crippen molar-refractivity contribution < 1.29 is 9.00 Å². The summed E-state index contributed by atoms with van der Waals surface area (Å²) in [5.74, 6) is 0.332. The van der Waals surface area contributed by atoms with Gasteiger partial charge in [0.25, 0.3) is 5.91 Å². The summed E-state index contributed by atoms with van der Waals surface area (Å²) in [6.07, 6.45) is 0.920. The summed E-state index contributed by atoms with van der Waals surface area (Å²) in [6.45, 7) is 3.38. The van der Waals surface area contributed by atoms with Gasteiger partial charge in [0.05, 0.1) is 15.9 Å². The largest absolute Gasteiger partial charge is 0.365 e. The van der Waals surface area contributed by atoms with E-state index >= 15 is 0 Å². The van der Waals surface area contributed by atoms with Crippen LogP contribution in [0.25, 0.3) is 0 Å². The summed E-state index contributed by atoms with van der Waals surface area (Å²) >= 11 is 1.42. The lowest BCUT2D eigenvalue weighted by atomic mass is 10.3. The Kier molecular flexibility index (Phi) is 3.41. The van der Waals surface area contributed by atoms with Crippen molar-refractivity contribution in [2.45, 2.75) is 26.4 Å². The van der Waals surface area contributed by atoms with Crippen LogP contribution >= 0.6 is 11.3 Å². The molecule has 1 aromatic rings. The Bertz CT molecular complexity index is 419. The lowest BCUT2D eigenvalue weighted by Gasteiger charge is -2.12. The van der Waals surface area contributed by atoms with Crippen molar-refractivity contribution in [1.29, 1.82) is 0 Å². The van der Waals surface area contributed by atoms with E-state index in [-0.39, 0.29) is 5.91 Å². The second kappa shape index (κ2) is 4.65. The first-order valence-electron chi connectivity index (χ1n) is 5.16. The van der Waals surface area contributed by atoms with E-state index in [1.807, 2.05) is 17.3 Å². The minimum atomic E-state index is -0.894. The van der Waals surface area contributed by atoms with E-state index in [2.05, 4.69) is 0 Å². The molecular weight excluding hydrogens is 244 g/mol. The fourth-order valence-electron chi connectivity index (χ4n) is 1.71. The molecule has 6 heteroatoms. The molecule has 2 N–H and O–H groups in total. The number of fused-ring (bicyclic) bond motifs is 1. The summed E-state index contributed by atoms with van der Waals surface area (Å²) in [5, 5.41) is 0. The van der Waals surface area contributed by atoms with Crippen LogP contribution in [0.5, 0.6) is 0 Å². The minimum absolute atomic E-state index is 0.374. The highest BCUT2D eigenvalue weighted by Gasteiger charge is 2.26. The van der Waals surface area contributed by atoms with E-state index in [1.54, 1.807) is 0 Å². The van der Waals surface area contributed by atoms with Gasteiger partial charge in [-0.15, -0.1) is 11.3 Å². The van der Waals surface area contributed by atoms with Gasteiger partial charge in [-0.1, -0.05) is 6.92 Å². The van der Waals surface area contributed by atoms with Crippen molar-refractivity contribution in [3.63, 3.8) is 0 Å². The molecule has 1 aliphatic heterocycles. The molecule has 0 aromatic carbocycles. The number of rotatable bonds is 4. The molecule has 2 rings (SSSR count). The Balaban J connectivity index is 2.08. The second-order valence-electron chi connectivity index (χ2n) is 3.75. The van der Waals surface area contributed by atoms with Gasteiger partial charge in [-0.05, 0) is 18.1 Å². The summed E-state index contributed by atoms with van der Waals surface area (Å²) in [5.41, 5.74) is 6.32. The van der Waals surface area contributed by atoms with Crippen molar-refractivity contribution in [2.24, 2.45) is 5.73 Å². The molecule has 2 heterocycles. The molecule has 4 nitrogen and oxygen atoms in total. The zero-order valence-corrected chi connectivity index (χ0v) is 10.7. The highest BCUT2D eigenvalue weighted by atomic mass is 32.2. The molecule has 0 radical (unpaired) electrons. The number of hydrogen-bond acceptors (Lipinski definition) is 3. The number of carbonyl (C=O) groups excluding carboxylic acids is 1. The first-order chi connectivity index (χ1) is 7.61. The standard InChI is InChI=1S/C10H14N2O2S2/c1-2-3-16(14)12-5-7-4-8(10(11)13)15-9(7)6-12/h4H,2-3,5-6H2,1H3,(H2,11,13). The van der Waals surface area contributed by atoms with E-state index < -0.39 is 11.0 Å². The number of amides is 1. The van der Waals surface area contributed by atoms with E-state index in [1.165, 1.54) is 11.3 Å². The molecule has 0 bridgehead atoms. The van der Waals surface area contributed by atoms with Crippen molar-refractivity contribution in [3.8, 4) is 0 Å². The molecule has 1 unspecified atom stereocenters. The number of nitrogens with zero attached hydrogens (tertiary/aromatic N) is 1. The second-order valence-corrected chi connectivity index (χ2v) is 6.45. The molecule has 1 aromatic heterocycles. The van der Waals surface area contributed by atoms with Crippen LogP contribution in [0.4, 0.5) is 0 Å². The van der Waals surface area contributed by atoms with Gasteiger partial charge in [-0.2, -0.15) is 0 Å². The van der Waals surface area contributed by atoms with Crippen molar-refractivity contribution in [1.82, 2.24) is 4.31 Å². The predicted molar refractivity (Wildman–Crippen MR) is 65.4 cm³/mol. The summed E-state index contributed by atoms with van der Waals surface area (Å²) in [4.78, 5) is 12.7. The van der Waals surface area contributed by atoms with Gasteiger partial charge < -0.3 is 5.73 Å². The minimum Gasteiger partial charge on any atom is -0.365 e. The maximum Gasteiger partial charge on any atom is 0.258 e. The molecule has 0 aliphatic carbocycles. The van der Waals surface area contributed by atoms with Crippen LogP contribution in [-0.2, 0) is 24.1 Å². The maximum absolute atomic E-state index is 11.8. The van der Waals surface area contributed by atoms with Gasteiger partial charge in [0.1, 0.15) is 0 Å². The highest BCUT2D eigenvalue weighted by molar-refractivity contribution is 7.82. The highest BCUT2D eigenvalue weighted by Crippen LogP contribution is 2.31. The Hall–Kier alpha value is -0.720. The predicted octanol–water partition coefficient (Wildman–Crippen LogP) is 1.24. The van der Waals surface area contributed by atoms with Crippen molar-refractivity contribution in [2.75, 3.05) is 5.75 Å². The third-order valence-corrected chi connectivity index (χ3v) is 5.24. The van der Waals surface area contributed by atoms with Crippen LogP contribution in [0, 0.1) is 0 Å². The number of carbonyl (C=O) groups is 1. The Morgan fingerprint density at radius 1 is 1.62 bits per heavy atom. The lowest BCUT2D eigenvalue weighted by Crippen LogP contribution is -2.21. The fraction of sp³-hybridized carbons (Fsp3) is 0.500. The fourth-order valence-corrected chi connectivity index (χ4v) is 4.00.